The minimum absolute atomic E-state index is 0.0442. The Morgan fingerprint density at radius 3 is 2.41 bits per heavy atom. The zero-order valence-electron chi connectivity index (χ0n) is 22.9. The summed E-state index contributed by atoms with van der Waals surface area (Å²) >= 11 is 4.76. The SMILES string of the molecule is COc1ccc(OC)c([C@@H]2C(C(=O)OC(C)C)=C(C)N=c3s/c(=C\c4cc(Br)ccc4OC(C)C)c(=O)n32)c1. The summed E-state index contributed by atoms with van der Waals surface area (Å²) in [5.74, 6) is 1.17. The van der Waals surface area contributed by atoms with Crippen molar-refractivity contribution in [1.29, 1.82) is 0 Å². The Bertz CT molecular complexity index is 1620. The molecule has 1 aromatic heterocycles. The van der Waals surface area contributed by atoms with Gasteiger partial charge in [0.1, 0.15) is 23.3 Å². The van der Waals surface area contributed by atoms with Gasteiger partial charge in [0, 0.05) is 15.6 Å². The van der Waals surface area contributed by atoms with Gasteiger partial charge in [-0.1, -0.05) is 27.3 Å². The van der Waals surface area contributed by atoms with Crippen LogP contribution in [-0.4, -0.2) is 37.0 Å². The van der Waals surface area contributed by atoms with E-state index in [2.05, 4.69) is 20.9 Å². The van der Waals surface area contributed by atoms with Crippen LogP contribution in [0.5, 0.6) is 17.2 Å². The summed E-state index contributed by atoms with van der Waals surface area (Å²) in [6.45, 7) is 9.19. The van der Waals surface area contributed by atoms with Gasteiger partial charge in [0.25, 0.3) is 5.56 Å². The topological polar surface area (TPSA) is 88.4 Å². The summed E-state index contributed by atoms with van der Waals surface area (Å²) in [6, 6.07) is 10.1. The molecule has 1 atom stereocenters. The van der Waals surface area contributed by atoms with Gasteiger partial charge in [0.15, 0.2) is 4.80 Å². The number of benzene rings is 2. The summed E-state index contributed by atoms with van der Waals surface area (Å²) in [7, 11) is 3.10. The molecule has 3 aromatic rings. The van der Waals surface area contributed by atoms with E-state index in [-0.39, 0.29) is 23.3 Å². The Hall–Kier alpha value is -3.37. The molecule has 0 N–H and O–H groups in total. The molecule has 39 heavy (non-hydrogen) atoms. The predicted molar refractivity (Wildman–Crippen MR) is 154 cm³/mol. The van der Waals surface area contributed by atoms with Gasteiger partial charge in [-0.05, 0) is 77.1 Å². The van der Waals surface area contributed by atoms with Crippen LogP contribution in [0.4, 0.5) is 0 Å². The van der Waals surface area contributed by atoms with E-state index in [1.807, 2.05) is 32.0 Å². The molecule has 0 spiro atoms. The Balaban J connectivity index is 2.01. The number of ether oxygens (including phenoxy) is 4. The maximum Gasteiger partial charge on any atom is 0.338 e. The molecule has 0 bridgehead atoms. The van der Waals surface area contributed by atoms with E-state index in [0.717, 1.165) is 10.0 Å². The van der Waals surface area contributed by atoms with Crippen molar-refractivity contribution < 1.29 is 23.7 Å². The summed E-state index contributed by atoms with van der Waals surface area (Å²) in [5, 5.41) is 0. The van der Waals surface area contributed by atoms with Crippen LogP contribution in [0.15, 0.2) is 61.9 Å². The molecular formula is C29H31BrN2O6S. The Kier molecular flexibility index (Phi) is 8.66. The number of nitrogens with zero attached hydrogens (tertiary/aromatic N) is 2. The van der Waals surface area contributed by atoms with Gasteiger partial charge in [-0.2, -0.15) is 0 Å². The third-order valence-corrected chi connectivity index (χ3v) is 7.41. The lowest BCUT2D eigenvalue weighted by atomic mass is 9.94. The number of halogens is 1. The Morgan fingerprint density at radius 1 is 1.05 bits per heavy atom. The molecule has 0 saturated carbocycles. The van der Waals surface area contributed by atoms with Gasteiger partial charge in [0.05, 0.1) is 42.2 Å². The molecule has 0 amide bonds. The quantitative estimate of drug-likeness (QED) is 0.340. The van der Waals surface area contributed by atoms with Crippen molar-refractivity contribution in [3.63, 3.8) is 0 Å². The monoisotopic (exact) mass is 614 g/mol. The number of aromatic nitrogens is 1. The summed E-state index contributed by atoms with van der Waals surface area (Å²) < 4.78 is 25.5. The molecule has 0 saturated heterocycles. The summed E-state index contributed by atoms with van der Waals surface area (Å²) in [4.78, 5) is 32.6. The van der Waals surface area contributed by atoms with Crippen molar-refractivity contribution in [2.75, 3.05) is 14.2 Å². The summed E-state index contributed by atoms with van der Waals surface area (Å²) in [5.41, 5.74) is 1.76. The second-order valence-corrected chi connectivity index (χ2v) is 11.4. The smallest absolute Gasteiger partial charge is 0.338 e. The van der Waals surface area contributed by atoms with Crippen LogP contribution < -0.4 is 29.1 Å². The number of methoxy groups -OCH3 is 2. The molecule has 2 heterocycles. The molecule has 10 heteroatoms. The van der Waals surface area contributed by atoms with Crippen LogP contribution in [-0.2, 0) is 9.53 Å². The zero-order chi connectivity index (χ0) is 28.4. The van der Waals surface area contributed by atoms with E-state index < -0.39 is 12.0 Å². The van der Waals surface area contributed by atoms with Gasteiger partial charge in [0.2, 0.25) is 0 Å². The Morgan fingerprint density at radius 2 is 1.77 bits per heavy atom. The number of thiazole rings is 1. The van der Waals surface area contributed by atoms with Crippen LogP contribution in [0.1, 0.15) is 51.8 Å². The lowest BCUT2D eigenvalue weighted by Crippen LogP contribution is -2.40. The number of hydrogen-bond acceptors (Lipinski definition) is 8. The first-order valence-corrected chi connectivity index (χ1v) is 14.1. The van der Waals surface area contributed by atoms with Gasteiger partial charge in [-0.25, -0.2) is 9.79 Å². The second-order valence-electron chi connectivity index (χ2n) is 9.49. The molecule has 4 rings (SSSR count). The highest BCUT2D eigenvalue weighted by molar-refractivity contribution is 9.10. The number of carbonyl (C=O) groups excluding carboxylic acids is 1. The molecule has 0 unspecified atom stereocenters. The molecule has 1 aliphatic heterocycles. The largest absolute Gasteiger partial charge is 0.497 e. The van der Waals surface area contributed by atoms with Crippen molar-refractivity contribution in [2.24, 2.45) is 4.99 Å². The number of fused-ring (bicyclic) bond motifs is 1. The molecule has 0 fully saturated rings. The minimum atomic E-state index is -0.839. The number of carbonyl (C=O) groups is 1. The molecule has 0 radical (unpaired) electrons. The highest BCUT2D eigenvalue weighted by atomic mass is 79.9. The number of esters is 1. The summed E-state index contributed by atoms with van der Waals surface area (Å²) in [6.07, 6.45) is 1.39. The maximum absolute atomic E-state index is 14.1. The average Bonchev–Trinajstić information content (AvgIpc) is 3.17. The third kappa shape index (κ3) is 5.96. The lowest BCUT2D eigenvalue weighted by Gasteiger charge is -2.26. The molecule has 206 valence electrons. The lowest BCUT2D eigenvalue weighted by molar-refractivity contribution is -0.143. The van der Waals surface area contributed by atoms with Crippen molar-refractivity contribution in [2.45, 2.75) is 52.9 Å². The minimum Gasteiger partial charge on any atom is -0.497 e. The number of hydrogen-bond donors (Lipinski definition) is 0. The third-order valence-electron chi connectivity index (χ3n) is 5.94. The molecular weight excluding hydrogens is 584 g/mol. The van der Waals surface area contributed by atoms with Crippen LogP contribution >= 0.6 is 27.3 Å². The molecule has 1 aliphatic rings. The normalized spacial score (nSPS) is 15.3. The van der Waals surface area contributed by atoms with Crippen molar-refractivity contribution >= 4 is 39.3 Å². The zero-order valence-corrected chi connectivity index (χ0v) is 25.3. The van der Waals surface area contributed by atoms with Crippen molar-refractivity contribution in [3.05, 3.63) is 83.0 Å². The highest BCUT2D eigenvalue weighted by Crippen LogP contribution is 2.38. The van der Waals surface area contributed by atoms with Crippen molar-refractivity contribution in [3.8, 4) is 17.2 Å². The van der Waals surface area contributed by atoms with E-state index >= 15 is 0 Å². The molecule has 0 aliphatic carbocycles. The second kappa shape index (κ2) is 11.8. The van der Waals surface area contributed by atoms with Crippen LogP contribution in [0.25, 0.3) is 6.08 Å². The Labute approximate surface area is 239 Å². The van der Waals surface area contributed by atoms with Crippen molar-refractivity contribution in [1.82, 2.24) is 4.57 Å². The first-order chi connectivity index (χ1) is 18.5. The first kappa shape index (κ1) is 28.6. The van der Waals surface area contributed by atoms with Gasteiger partial charge >= 0.3 is 5.97 Å². The standard InChI is InChI=1S/C29H31BrN2O6S/c1-15(2)37-22-10-8-19(30)12-18(22)13-24-27(33)32-26(21-14-20(35-6)9-11-23(21)36-7)25(28(34)38-16(3)4)17(5)31-29(32)39-24/h8-16,26H,1-7H3/b24-13-/t26-/m1/s1. The maximum atomic E-state index is 14.1. The predicted octanol–water partition coefficient (Wildman–Crippen LogP) is 4.75. The van der Waals surface area contributed by atoms with Crippen LogP contribution in [0, 0.1) is 0 Å². The van der Waals surface area contributed by atoms with E-state index in [4.69, 9.17) is 18.9 Å². The van der Waals surface area contributed by atoms with Gasteiger partial charge in [-0.15, -0.1) is 0 Å². The first-order valence-electron chi connectivity index (χ1n) is 12.5. The van der Waals surface area contributed by atoms with E-state index in [1.54, 1.807) is 59.3 Å². The number of allylic oxidation sites excluding steroid dienone is 1. The molecule has 8 nitrogen and oxygen atoms in total. The van der Waals surface area contributed by atoms with E-state index in [1.165, 1.54) is 15.9 Å². The van der Waals surface area contributed by atoms with Crippen LogP contribution in [0.2, 0.25) is 0 Å². The average molecular weight is 616 g/mol. The molecule has 2 aromatic carbocycles. The fraction of sp³-hybridized carbons (Fsp3) is 0.345. The van der Waals surface area contributed by atoms with E-state index in [0.29, 0.717) is 37.8 Å². The number of rotatable bonds is 8. The van der Waals surface area contributed by atoms with Crippen LogP contribution in [0.3, 0.4) is 0 Å². The fourth-order valence-corrected chi connectivity index (χ4v) is 5.76. The van der Waals surface area contributed by atoms with Gasteiger partial charge in [-0.3, -0.25) is 9.36 Å². The van der Waals surface area contributed by atoms with Gasteiger partial charge < -0.3 is 18.9 Å². The fourth-order valence-electron chi connectivity index (χ4n) is 4.34. The highest BCUT2D eigenvalue weighted by Gasteiger charge is 2.35. The van der Waals surface area contributed by atoms with E-state index in [9.17, 15) is 9.59 Å².